The zero-order valence-corrected chi connectivity index (χ0v) is 6.76. The number of hydrogen-bond acceptors (Lipinski definition) is 2. The van der Waals surface area contributed by atoms with Gasteiger partial charge in [0.15, 0.2) is 6.36 Å². The van der Waals surface area contributed by atoms with Gasteiger partial charge in [0.25, 0.3) is 0 Å². The van der Waals surface area contributed by atoms with Crippen molar-refractivity contribution in [1.29, 1.82) is 0 Å². The Morgan fingerprint density at radius 3 is 2.40 bits per heavy atom. The van der Waals surface area contributed by atoms with Crippen molar-refractivity contribution in [3.63, 3.8) is 0 Å². The molecule has 0 saturated heterocycles. The van der Waals surface area contributed by atoms with Crippen molar-refractivity contribution in [2.45, 2.75) is 32.7 Å². The summed E-state index contributed by atoms with van der Waals surface area (Å²) in [5, 5.41) is 0. The Morgan fingerprint density at radius 2 is 2.00 bits per heavy atom. The van der Waals surface area contributed by atoms with Gasteiger partial charge in [-0.3, -0.25) is 0 Å². The van der Waals surface area contributed by atoms with Crippen LogP contribution in [0.3, 0.4) is 0 Å². The Balaban J connectivity index is 3.03. The molecule has 3 heteroatoms. The van der Waals surface area contributed by atoms with E-state index in [1.807, 2.05) is 6.92 Å². The van der Waals surface area contributed by atoms with E-state index in [0.29, 0.717) is 6.61 Å². The first-order chi connectivity index (χ1) is 4.66. The first kappa shape index (κ1) is 9.85. The highest BCUT2D eigenvalue weighted by atomic mass is 19.1. The van der Waals surface area contributed by atoms with Crippen molar-refractivity contribution < 1.29 is 13.9 Å². The lowest BCUT2D eigenvalue weighted by molar-refractivity contribution is -0.0383. The molecule has 0 radical (unpaired) electrons. The van der Waals surface area contributed by atoms with E-state index in [2.05, 4.69) is 4.74 Å². The monoisotopic (exact) mass is 150 g/mol. The average molecular weight is 150 g/mol. The van der Waals surface area contributed by atoms with E-state index in [1.54, 1.807) is 7.11 Å². The van der Waals surface area contributed by atoms with Crippen molar-refractivity contribution in [3.8, 4) is 0 Å². The van der Waals surface area contributed by atoms with Crippen molar-refractivity contribution >= 4 is 0 Å². The summed E-state index contributed by atoms with van der Waals surface area (Å²) in [5.74, 6) is 0. The van der Waals surface area contributed by atoms with Gasteiger partial charge >= 0.3 is 0 Å². The van der Waals surface area contributed by atoms with E-state index in [-0.39, 0.29) is 6.10 Å². The second kappa shape index (κ2) is 5.62. The summed E-state index contributed by atoms with van der Waals surface area (Å²) >= 11 is 0. The summed E-state index contributed by atoms with van der Waals surface area (Å²) in [7, 11) is 1.63. The van der Waals surface area contributed by atoms with Crippen LogP contribution < -0.4 is 0 Å². The van der Waals surface area contributed by atoms with E-state index in [0.717, 1.165) is 6.42 Å². The van der Waals surface area contributed by atoms with Crippen LogP contribution in [0.4, 0.5) is 4.39 Å². The van der Waals surface area contributed by atoms with Gasteiger partial charge in [-0.15, -0.1) is 0 Å². The number of rotatable bonds is 5. The van der Waals surface area contributed by atoms with Gasteiger partial charge in [-0.1, -0.05) is 0 Å². The topological polar surface area (TPSA) is 18.5 Å². The van der Waals surface area contributed by atoms with E-state index >= 15 is 0 Å². The van der Waals surface area contributed by atoms with Crippen LogP contribution in [0.25, 0.3) is 0 Å². The molecular formula is C7H15FO2. The van der Waals surface area contributed by atoms with Gasteiger partial charge < -0.3 is 9.47 Å². The third-order valence-electron chi connectivity index (χ3n) is 1.27. The Kier molecular flexibility index (Phi) is 5.54. The maximum Gasteiger partial charge on any atom is 0.195 e. The molecule has 2 nitrogen and oxygen atoms in total. The van der Waals surface area contributed by atoms with E-state index < -0.39 is 6.36 Å². The van der Waals surface area contributed by atoms with Gasteiger partial charge in [0, 0.05) is 7.11 Å². The lowest BCUT2D eigenvalue weighted by atomic mass is 10.3. The molecule has 0 amide bonds. The quantitative estimate of drug-likeness (QED) is 0.594. The van der Waals surface area contributed by atoms with Crippen LogP contribution in [-0.4, -0.2) is 26.2 Å². The molecule has 0 bridgehead atoms. The van der Waals surface area contributed by atoms with E-state index in [1.165, 1.54) is 6.92 Å². The lowest BCUT2D eigenvalue weighted by Crippen LogP contribution is -2.11. The summed E-state index contributed by atoms with van der Waals surface area (Å²) in [6.07, 6.45) is -0.270. The predicted octanol–water partition coefficient (Wildman–Crippen LogP) is 1.74. The largest absolute Gasteiger partial charge is 0.382 e. The van der Waals surface area contributed by atoms with Crippen molar-refractivity contribution in [3.05, 3.63) is 0 Å². The molecular weight excluding hydrogens is 135 g/mol. The molecule has 0 saturated carbocycles. The third kappa shape index (κ3) is 5.98. The standard InChI is InChI=1S/C7H15FO2/c1-6(9-3)4-5-10-7(2)8/h6-7H,4-5H2,1-3H3. The highest BCUT2D eigenvalue weighted by Gasteiger charge is 2.00. The zero-order chi connectivity index (χ0) is 7.98. The molecule has 0 aliphatic carbocycles. The van der Waals surface area contributed by atoms with Crippen LogP contribution in [0.5, 0.6) is 0 Å². The Labute approximate surface area is 61.3 Å². The molecule has 0 aliphatic heterocycles. The maximum absolute atomic E-state index is 12.0. The van der Waals surface area contributed by atoms with Gasteiger partial charge in [-0.05, 0) is 20.3 Å². The average Bonchev–Trinajstić information content (AvgIpc) is 1.87. The van der Waals surface area contributed by atoms with Gasteiger partial charge in [-0.2, -0.15) is 0 Å². The molecule has 0 heterocycles. The fraction of sp³-hybridized carbons (Fsp3) is 1.00. The fourth-order valence-corrected chi connectivity index (χ4v) is 0.514. The number of halogens is 1. The molecule has 0 aromatic rings. The molecule has 2 unspecified atom stereocenters. The summed E-state index contributed by atoms with van der Waals surface area (Å²) in [4.78, 5) is 0. The van der Waals surface area contributed by atoms with Crippen LogP contribution >= 0.6 is 0 Å². The highest BCUT2D eigenvalue weighted by Crippen LogP contribution is 1.98. The molecule has 62 valence electrons. The molecule has 0 N–H and O–H groups in total. The number of alkyl halides is 1. The summed E-state index contributed by atoms with van der Waals surface area (Å²) < 4.78 is 21.6. The number of hydrogen-bond donors (Lipinski definition) is 0. The van der Waals surface area contributed by atoms with Crippen molar-refractivity contribution in [1.82, 2.24) is 0 Å². The SMILES string of the molecule is COC(C)CCOC(C)F. The van der Waals surface area contributed by atoms with Gasteiger partial charge in [0.05, 0.1) is 12.7 Å². The molecule has 0 aliphatic rings. The molecule has 0 aromatic heterocycles. The Bertz CT molecular complexity index is 76.0. The summed E-state index contributed by atoms with van der Waals surface area (Å²) in [6.45, 7) is 3.72. The van der Waals surface area contributed by atoms with Crippen LogP contribution in [0, 0.1) is 0 Å². The van der Waals surface area contributed by atoms with Crippen LogP contribution in [0.15, 0.2) is 0 Å². The number of ether oxygens (including phenoxy) is 2. The second-order valence-corrected chi connectivity index (χ2v) is 2.25. The predicted molar refractivity (Wildman–Crippen MR) is 37.6 cm³/mol. The van der Waals surface area contributed by atoms with Crippen molar-refractivity contribution in [2.75, 3.05) is 13.7 Å². The van der Waals surface area contributed by atoms with Gasteiger partial charge in [-0.25, -0.2) is 4.39 Å². The van der Waals surface area contributed by atoms with Crippen LogP contribution in [-0.2, 0) is 9.47 Å². The molecule has 0 rings (SSSR count). The zero-order valence-electron chi connectivity index (χ0n) is 6.76. The van der Waals surface area contributed by atoms with E-state index in [9.17, 15) is 4.39 Å². The minimum Gasteiger partial charge on any atom is -0.382 e. The molecule has 10 heavy (non-hydrogen) atoms. The number of methoxy groups -OCH3 is 1. The smallest absolute Gasteiger partial charge is 0.195 e. The molecule has 0 aromatic carbocycles. The van der Waals surface area contributed by atoms with Gasteiger partial charge in [0.1, 0.15) is 0 Å². The molecule has 0 spiro atoms. The highest BCUT2D eigenvalue weighted by molar-refractivity contribution is 4.46. The minimum atomic E-state index is -1.16. The van der Waals surface area contributed by atoms with Crippen LogP contribution in [0.1, 0.15) is 20.3 Å². The molecule has 2 atom stereocenters. The Morgan fingerprint density at radius 1 is 1.40 bits per heavy atom. The summed E-state index contributed by atoms with van der Waals surface area (Å²) in [6, 6.07) is 0. The van der Waals surface area contributed by atoms with Gasteiger partial charge in [0.2, 0.25) is 0 Å². The Hall–Kier alpha value is -0.150. The summed E-state index contributed by atoms with van der Waals surface area (Å²) in [5.41, 5.74) is 0. The first-order valence-electron chi connectivity index (χ1n) is 3.45. The normalized spacial score (nSPS) is 16.8. The lowest BCUT2D eigenvalue weighted by Gasteiger charge is -2.09. The second-order valence-electron chi connectivity index (χ2n) is 2.25. The van der Waals surface area contributed by atoms with Crippen molar-refractivity contribution in [2.24, 2.45) is 0 Å². The van der Waals surface area contributed by atoms with E-state index in [4.69, 9.17) is 4.74 Å². The maximum atomic E-state index is 12.0. The first-order valence-corrected chi connectivity index (χ1v) is 3.45. The fourth-order valence-electron chi connectivity index (χ4n) is 0.514. The van der Waals surface area contributed by atoms with Crippen LogP contribution in [0.2, 0.25) is 0 Å². The molecule has 0 fully saturated rings. The minimum absolute atomic E-state index is 0.152. The third-order valence-corrected chi connectivity index (χ3v) is 1.27.